The Morgan fingerprint density at radius 3 is 2.69 bits per heavy atom. The number of ether oxygens (including phenoxy) is 1. The molecule has 35 heavy (non-hydrogen) atoms. The Hall–Kier alpha value is -4.61. The first kappa shape index (κ1) is 22.2. The van der Waals surface area contributed by atoms with Gasteiger partial charge in [0.15, 0.2) is 0 Å². The van der Waals surface area contributed by atoms with Crippen LogP contribution in [0.2, 0.25) is 0 Å². The molecule has 1 atom stereocenters. The molecule has 0 aliphatic carbocycles. The second-order valence-electron chi connectivity index (χ2n) is 8.34. The Morgan fingerprint density at radius 2 is 1.94 bits per heavy atom. The minimum absolute atomic E-state index is 0.119. The Bertz CT molecular complexity index is 1470. The van der Waals surface area contributed by atoms with E-state index in [4.69, 9.17) is 0 Å². The van der Waals surface area contributed by atoms with Gasteiger partial charge in [0.2, 0.25) is 11.8 Å². The molecule has 3 amide bonds. The van der Waals surface area contributed by atoms with Crippen LogP contribution in [0.4, 0.5) is 0 Å². The number of imide groups is 1. The Morgan fingerprint density at radius 1 is 1.14 bits per heavy atom. The molecule has 2 aromatic heterocycles. The number of fused-ring (bicyclic) bond motifs is 1. The van der Waals surface area contributed by atoms with Gasteiger partial charge >= 0.3 is 5.97 Å². The van der Waals surface area contributed by atoms with Gasteiger partial charge in [0.1, 0.15) is 17.3 Å². The highest BCUT2D eigenvalue weighted by Gasteiger charge is 2.39. The monoisotopic (exact) mass is 476 g/mol. The summed E-state index contributed by atoms with van der Waals surface area (Å²) in [4.78, 5) is 62.3. The van der Waals surface area contributed by atoms with Gasteiger partial charge < -0.3 is 14.2 Å². The molecule has 5 rings (SSSR count). The third kappa shape index (κ3) is 3.78. The molecule has 0 spiro atoms. The highest BCUT2D eigenvalue weighted by atomic mass is 16.5. The molecule has 1 aromatic carbocycles. The number of hydrogen-bond donors (Lipinski definition) is 1. The number of esters is 1. The maximum absolute atomic E-state index is 12.9. The number of benzene rings is 1. The van der Waals surface area contributed by atoms with E-state index in [-0.39, 0.29) is 36.8 Å². The van der Waals surface area contributed by atoms with Crippen molar-refractivity contribution in [3.8, 4) is 16.9 Å². The quantitative estimate of drug-likeness (QED) is 0.415. The van der Waals surface area contributed by atoms with Crippen LogP contribution >= 0.6 is 0 Å². The number of nitrogens with zero attached hydrogens (tertiary/aromatic N) is 5. The van der Waals surface area contributed by atoms with Gasteiger partial charge in [-0.3, -0.25) is 24.5 Å². The number of carbonyl (C=O) groups excluding carboxylic acids is 4. The summed E-state index contributed by atoms with van der Waals surface area (Å²) in [6.07, 6.45) is 3.66. The summed E-state index contributed by atoms with van der Waals surface area (Å²) in [5, 5.41) is 10.6. The first-order valence-corrected chi connectivity index (χ1v) is 10.8. The number of piperidine rings is 1. The predicted molar refractivity (Wildman–Crippen MR) is 119 cm³/mol. The molecule has 0 bridgehead atoms. The van der Waals surface area contributed by atoms with Gasteiger partial charge in [0, 0.05) is 37.3 Å². The standard InChI is InChI=1S/C23H20N6O6/c1-27-9-13(8-16(21(27)32)23(34)35-2)17-11-29(26-25-17)14-3-4-15-12(7-14)10-28(22(15)33)18-5-6-19(30)24-20(18)31/h3-4,7-9,11,18H,5-6,10H2,1-2H3,(H,24,30,31). The van der Waals surface area contributed by atoms with Gasteiger partial charge in [-0.1, -0.05) is 5.21 Å². The van der Waals surface area contributed by atoms with E-state index in [9.17, 15) is 24.0 Å². The Labute approximate surface area is 198 Å². The first-order valence-electron chi connectivity index (χ1n) is 10.8. The molecule has 12 heteroatoms. The van der Waals surface area contributed by atoms with Gasteiger partial charge in [0.05, 0.1) is 19.0 Å². The number of hydrogen-bond acceptors (Lipinski definition) is 8. The molecule has 12 nitrogen and oxygen atoms in total. The summed E-state index contributed by atoms with van der Waals surface area (Å²) >= 11 is 0. The highest BCUT2D eigenvalue weighted by Crippen LogP contribution is 2.29. The van der Waals surface area contributed by atoms with E-state index in [1.807, 2.05) is 0 Å². The van der Waals surface area contributed by atoms with Crippen molar-refractivity contribution < 1.29 is 23.9 Å². The van der Waals surface area contributed by atoms with E-state index in [2.05, 4.69) is 20.4 Å². The lowest BCUT2D eigenvalue weighted by atomic mass is 10.0. The predicted octanol–water partition coefficient (Wildman–Crippen LogP) is 0.181. The number of aryl methyl sites for hydroxylation is 1. The number of aromatic nitrogens is 4. The minimum atomic E-state index is -0.747. The topological polar surface area (TPSA) is 145 Å². The number of methoxy groups -OCH3 is 1. The van der Waals surface area contributed by atoms with Crippen LogP contribution in [0.3, 0.4) is 0 Å². The summed E-state index contributed by atoms with van der Waals surface area (Å²) in [6.45, 7) is 0.235. The maximum atomic E-state index is 12.9. The second kappa shape index (κ2) is 8.31. The van der Waals surface area contributed by atoms with Crippen molar-refractivity contribution in [3.05, 3.63) is 63.7 Å². The molecule has 1 fully saturated rings. The Balaban J connectivity index is 1.43. The van der Waals surface area contributed by atoms with Crippen molar-refractivity contribution in [2.24, 2.45) is 7.05 Å². The highest BCUT2D eigenvalue weighted by molar-refractivity contribution is 6.05. The summed E-state index contributed by atoms with van der Waals surface area (Å²) < 4.78 is 7.47. The minimum Gasteiger partial charge on any atom is -0.465 e. The van der Waals surface area contributed by atoms with E-state index in [0.717, 1.165) is 5.56 Å². The van der Waals surface area contributed by atoms with E-state index >= 15 is 0 Å². The van der Waals surface area contributed by atoms with Gasteiger partial charge in [-0.05, 0) is 36.2 Å². The van der Waals surface area contributed by atoms with Crippen LogP contribution in [-0.2, 0) is 27.9 Å². The van der Waals surface area contributed by atoms with Gasteiger partial charge in [-0.2, -0.15) is 0 Å². The smallest absolute Gasteiger partial charge is 0.343 e. The fourth-order valence-corrected chi connectivity index (χ4v) is 4.33. The lowest BCUT2D eigenvalue weighted by Crippen LogP contribution is -2.52. The van der Waals surface area contributed by atoms with Gasteiger partial charge in [0.25, 0.3) is 11.5 Å². The van der Waals surface area contributed by atoms with Crippen molar-refractivity contribution >= 4 is 23.7 Å². The van der Waals surface area contributed by atoms with Crippen molar-refractivity contribution in [2.45, 2.75) is 25.4 Å². The van der Waals surface area contributed by atoms with E-state index < -0.39 is 23.5 Å². The SMILES string of the molecule is COC(=O)c1cc(-c2cn(-c3ccc4c(c3)CN(C3CCC(=O)NC3=O)C4=O)nn2)cn(C)c1=O. The van der Waals surface area contributed by atoms with Crippen LogP contribution in [0, 0.1) is 0 Å². The molecular weight excluding hydrogens is 456 g/mol. The average Bonchev–Trinajstić information content (AvgIpc) is 3.45. The number of pyridine rings is 1. The number of carbonyl (C=O) groups is 4. The summed E-state index contributed by atoms with van der Waals surface area (Å²) in [5.41, 5.74) is 2.16. The van der Waals surface area contributed by atoms with E-state index in [1.165, 1.54) is 34.4 Å². The molecular formula is C23H20N6O6. The molecule has 1 unspecified atom stereocenters. The summed E-state index contributed by atoms with van der Waals surface area (Å²) in [7, 11) is 2.72. The maximum Gasteiger partial charge on any atom is 0.343 e. The van der Waals surface area contributed by atoms with Crippen LogP contribution in [-0.4, -0.2) is 61.3 Å². The van der Waals surface area contributed by atoms with Gasteiger partial charge in [-0.15, -0.1) is 5.10 Å². The second-order valence-corrected chi connectivity index (χ2v) is 8.34. The van der Waals surface area contributed by atoms with Crippen molar-refractivity contribution in [3.63, 3.8) is 0 Å². The fourth-order valence-electron chi connectivity index (χ4n) is 4.33. The van der Waals surface area contributed by atoms with E-state index in [0.29, 0.717) is 22.5 Å². The average molecular weight is 476 g/mol. The van der Waals surface area contributed by atoms with Gasteiger partial charge in [-0.25, -0.2) is 9.48 Å². The lowest BCUT2D eigenvalue weighted by molar-refractivity contribution is -0.136. The van der Waals surface area contributed by atoms with Crippen LogP contribution in [0.5, 0.6) is 0 Å². The van der Waals surface area contributed by atoms with Crippen molar-refractivity contribution in [1.82, 2.24) is 29.8 Å². The zero-order chi connectivity index (χ0) is 24.9. The number of nitrogens with one attached hydrogen (secondary N) is 1. The molecule has 0 saturated carbocycles. The first-order chi connectivity index (χ1) is 16.8. The molecule has 1 saturated heterocycles. The molecule has 3 aromatic rings. The number of amides is 3. The summed E-state index contributed by atoms with van der Waals surface area (Å²) in [6, 6.07) is 5.88. The zero-order valence-corrected chi connectivity index (χ0v) is 18.8. The molecule has 178 valence electrons. The third-order valence-electron chi connectivity index (χ3n) is 6.15. The normalized spacial score (nSPS) is 17.4. The lowest BCUT2D eigenvalue weighted by Gasteiger charge is -2.29. The van der Waals surface area contributed by atoms with E-state index in [1.54, 1.807) is 30.6 Å². The zero-order valence-electron chi connectivity index (χ0n) is 18.8. The molecule has 2 aliphatic rings. The molecule has 4 heterocycles. The van der Waals surface area contributed by atoms with Crippen LogP contribution < -0.4 is 10.9 Å². The number of rotatable bonds is 4. The third-order valence-corrected chi connectivity index (χ3v) is 6.15. The molecule has 1 N–H and O–H groups in total. The molecule has 0 radical (unpaired) electrons. The largest absolute Gasteiger partial charge is 0.465 e. The van der Waals surface area contributed by atoms with Crippen molar-refractivity contribution in [1.29, 1.82) is 0 Å². The van der Waals surface area contributed by atoms with Crippen LogP contribution in [0.1, 0.15) is 39.1 Å². The molecule has 2 aliphatic heterocycles. The van der Waals surface area contributed by atoms with Crippen molar-refractivity contribution in [2.75, 3.05) is 7.11 Å². The Kier molecular flexibility index (Phi) is 5.27. The van der Waals surface area contributed by atoms with Crippen LogP contribution in [0.15, 0.2) is 41.5 Å². The fraction of sp³-hybridized carbons (Fsp3) is 0.261. The van der Waals surface area contributed by atoms with Crippen LogP contribution in [0.25, 0.3) is 16.9 Å². The summed E-state index contributed by atoms with van der Waals surface area (Å²) in [5.74, 6) is -1.81.